The molecule has 1 atom stereocenters. The Morgan fingerprint density at radius 3 is 2.52 bits per heavy atom. The summed E-state index contributed by atoms with van der Waals surface area (Å²) < 4.78 is 0. The summed E-state index contributed by atoms with van der Waals surface area (Å²) in [6, 6.07) is 9.58. The van der Waals surface area contributed by atoms with Crippen molar-refractivity contribution in [2.45, 2.75) is 13.0 Å². The third-order valence-electron chi connectivity index (χ3n) is 4.63. The number of pyridine rings is 1. The van der Waals surface area contributed by atoms with E-state index in [9.17, 15) is 19.5 Å². The smallest absolute Gasteiger partial charge is 0.228 e. The number of hydrogen-bond acceptors (Lipinski definition) is 5. The van der Waals surface area contributed by atoms with Gasteiger partial charge >= 0.3 is 0 Å². The van der Waals surface area contributed by atoms with E-state index in [1.54, 1.807) is 24.3 Å². The number of Topliss-reactive ketones (excluding diaryl/α,β-unsaturated/α-hetero) is 1. The number of likely N-dealkylation sites (N-methyl/N-ethyl adjacent to an activating group) is 1. The van der Waals surface area contributed by atoms with Gasteiger partial charge in [0.25, 0.3) is 0 Å². The normalized spacial score (nSPS) is 16.4. The van der Waals surface area contributed by atoms with Crippen molar-refractivity contribution in [3.8, 4) is 5.75 Å². The van der Waals surface area contributed by atoms with Crippen LogP contribution in [0.2, 0.25) is 0 Å². The number of likely N-dealkylation sites (tertiary alicyclic amines) is 1. The number of carbonyl (C=O) groups is 3. The highest BCUT2D eigenvalue weighted by atomic mass is 16.3. The molecule has 0 unspecified atom stereocenters. The van der Waals surface area contributed by atoms with Gasteiger partial charge in [-0.05, 0) is 42.0 Å². The van der Waals surface area contributed by atoms with Crippen molar-refractivity contribution in [3.05, 3.63) is 59.9 Å². The quantitative estimate of drug-likeness (QED) is 0.781. The molecule has 0 spiro atoms. The van der Waals surface area contributed by atoms with E-state index in [-0.39, 0.29) is 36.3 Å². The summed E-state index contributed by atoms with van der Waals surface area (Å²) in [5.74, 6) is -0.869. The van der Waals surface area contributed by atoms with Crippen molar-refractivity contribution in [1.82, 2.24) is 14.8 Å². The van der Waals surface area contributed by atoms with Gasteiger partial charge in [0, 0.05) is 44.5 Å². The lowest BCUT2D eigenvalue weighted by molar-refractivity contribution is -0.134. The molecule has 0 bridgehead atoms. The van der Waals surface area contributed by atoms with E-state index in [0.717, 1.165) is 5.56 Å². The second kappa shape index (κ2) is 7.99. The first kappa shape index (κ1) is 18.6. The predicted molar refractivity (Wildman–Crippen MR) is 97.8 cm³/mol. The van der Waals surface area contributed by atoms with E-state index in [2.05, 4.69) is 4.98 Å². The molecule has 7 heteroatoms. The number of ketones is 1. The summed E-state index contributed by atoms with van der Waals surface area (Å²) in [4.78, 5) is 44.2. The topological polar surface area (TPSA) is 90.8 Å². The number of carbonyl (C=O) groups excluding carboxylic acids is 3. The lowest BCUT2D eigenvalue weighted by Crippen LogP contribution is -2.37. The van der Waals surface area contributed by atoms with Crippen molar-refractivity contribution in [1.29, 1.82) is 0 Å². The minimum Gasteiger partial charge on any atom is -0.508 e. The van der Waals surface area contributed by atoms with E-state index >= 15 is 0 Å². The van der Waals surface area contributed by atoms with Crippen LogP contribution >= 0.6 is 0 Å². The molecule has 27 heavy (non-hydrogen) atoms. The molecule has 140 valence electrons. The van der Waals surface area contributed by atoms with Crippen molar-refractivity contribution in [2.24, 2.45) is 5.92 Å². The Morgan fingerprint density at radius 1 is 1.19 bits per heavy atom. The van der Waals surface area contributed by atoms with Gasteiger partial charge in [0.2, 0.25) is 11.8 Å². The SMILES string of the molecule is CN(CC(=O)c1ccc(O)cc1)C(=O)[C@@H]1CC(=O)N(Cc2ccncc2)C1. The fourth-order valence-electron chi connectivity index (χ4n) is 3.14. The lowest BCUT2D eigenvalue weighted by atomic mass is 10.1. The molecule has 0 saturated carbocycles. The van der Waals surface area contributed by atoms with Crippen LogP contribution in [0, 0.1) is 5.92 Å². The Hall–Kier alpha value is -3.22. The van der Waals surface area contributed by atoms with Crippen LogP contribution < -0.4 is 0 Å². The summed E-state index contributed by atoms with van der Waals surface area (Å²) in [6.07, 6.45) is 3.49. The highest BCUT2D eigenvalue weighted by molar-refractivity contribution is 6.00. The second-order valence-electron chi connectivity index (χ2n) is 6.70. The maximum absolute atomic E-state index is 12.7. The van der Waals surface area contributed by atoms with E-state index < -0.39 is 5.92 Å². The number of rotatable bonds is 6. The molecule has 3 rings (SSSR count). The number of benzene rings is 1. The van der Waals surface area contributed by atoms with Crippen LogP contribution in [0.5, 0.6) is 5.75 Å². The van der Waals surface area contributed by atoms with Crippen LogP contribution in [0.25, 0.3) is 0 Å². The van der Waals surface area contributed by atoms with Crippen LogP contribution in [-0.2, 0) is 16.1 Å². The Balaban J connectivity index is 1.57. The number of phenolic OH excluding ortho intramolecular Hbond substituents is 1. The monoisotopic (exact) mass is 367 g/mol. The molecule has 1 aromatic heterocycles. The Morgan fingerprint density at radius 2 is 1.85 bits per heavy atom. The van der Waals surface area contributed by atoms with Gasteiger partial charge in [0.05, 0.1) is 12.5 Å². The summed E-state index contributed by atoms with van der Waals surface area (Å²) >= 11 is 0. The van der Waals surface area contributed by atoms with E-state index in [1.165, 1.54) is 29.2 Å². The summed E-state index contributed by atoms with van der Waals surface area (Å²) in [5, 5.41) is 9.29. The molecule has 1 aliphatic rings. The molecular formula is C20H21N3O4. The predicted octanol–water partition coefficient (Wildman–Crippen LogP) is 1.48. The first-order chi connectivity index (χ1) is 12.9. The fourth-order valence-corrected chi connectivity index (χ4v) is 3.14. The summed E-state index contributed by atoms with van der Waals surface area (Å²) in [5.41, 5.74) is 1.39. The van der Waals surface area contributed by atoms with Crippen LogP contribution in [0.15, 0.2) is 48.8 Å². The van der Waals surface area contributed by atoms with Crippen molar-refractivity contribution < 1.29 is 19.5 Å². The fraction of sp³-hybridized carbons (Fsp3) is 0.300. The zero-order valence-electron chi connectivity index (χ0n) is 15.0. The van der Waals surface area contributed by atoms with Gasteiger partial charge in [-0.15, -0.1) is 0 Å². The maximum Gasteiger partial charge on any atom is 0.228 e. The number of aromatic nitrogens is 1. The van der Waals surface area contributed by atoms with Crippen LogP contribution in [0.3, 0.4) is 0 Å². The molecule has 1 fully saturated rings. The van der Waals surface area contributed by atoms with Gasteiger partial charge in [-0.2, -0.15) is 0 Å². The lowest BCUT2D eigenvalue weighted by Gasteiger charge is -2.21. The van der Waals surface area contributed by atoms with Gasteiger partial charge in [0.1, 0.15) is 5.75 Å². The number of hydrogen-bond donors (Lipinski definition) is 1. The van der Waals surface area contributed by atoms with Gasteiger partial charge in [-0.25, -0.2) is 0 Å². The van der Waals surface area contributed by atoms with Crippen molar-refractivity contribution >= 4 is 17.6 Å². The first-order valence-corrected chi connectivity index (χ1v) is 8.68. The average Bonchev–Trinajstić information content (AvgIpc) is 3.02. The molecular weight excluding hydrogens is 346 g/mol. The molecule has 2 heterocycles. The van der Waals surface area contributed by atoms with Gasteiger partial charge in [-0.1, -0.05) is 0 Å². The van der Waals surface area contributed by atoms with Crippen molar-refractivity contribution in [3.63, 3.8) is 0 Å². The van der Waals surface area contributed by atoms with Crippen LogP contribution in [0.4, 0.5) is 0 Å². The van der Waals surface area contributed by atoms with Gasteiger partial charge < -0.3 is 14.9 Å². The average molecular weight is 367 g/mol. The van der Waals surface area contributed by atoms with Gasteiger partial charge in [-0.3, -0.25) is 19.4 Å². The zero-order chi connectivity index (χ0) is 19.4. The molecule has 0 radical (unpaired) electrons. The third kappa shape index (κ3) is 4.49. The minimum atomic E-state index is -0.447. The molecule has 1 N–H and O–H groups in total. The van der Waals surface area contributed by atoms with E-state index in [0.29, 0.717) is 18.7 Å². The summed E-state index contributed by atoms with van der Waals surface area (Å²) in [7, 11) is 1.57. The Labute approximate surface area is 157 Å². The number of nitrogens with zero attached hydrogens (tertiary/aromatic N) is 3. The van der Waals surface area contributed by atoms with E-state index in [4.69, 9.17) is 0 Å². The highest BCUT2D eigenvalue weighted by Gasteiger charge is 2.36. The van der Waals surface area contributed by atoms with Crippen LogP contribution in [-0.4, -0.2) is 57.6 Å². The van der Waals surface area contributed by atoms with Gasteiger partial charge in [0.15, 0.2) is 5.78 Å². The first-order valence-electron chi connectivity index (χ1n) is 8.68. The molecule has 0 aliphatic carbocycles. The number of phenols is 1. The van der Waals surface area contributed by atoms with Crippen molar-refractivity contribution in [2.75, 3.05) is 20.1 Å². The molecule has 1 aliphatic heterocycles. The molecule has 2 amide bonds. The Bertz CT molecular complexity index is 836. The Kier molecular flexibility index (Phi) is 5.49. The highest BCUT2D eigenvalue weighted by Crippen LogP contribution is 2.22. The summed E-state index contributed by atoms with van der Waals surface area (Å²) in [6.45, 7) is 0.720. The third-order valence-corrected chi connectivity index (χ3v) is 4.63. The largest absolute Gasteiger partial charge is 0.508 e. The van der Waals surface area contributed by atoms with E-state index in [1.807, 2.05) is 12.1 Å². The minimum absolute atomic E-state index is 0.0663. The molecule has 2 aromatic rings. The standard InChI is InChI=1S/C20H21N3O4/c1-22(13-18(25)15-2-4-17(24)5-3-15)20(27)16-10-19(26)23(12-16)11-14-6-8-21-9-7-14/h2-9,16,24H,10-13H2,1H3/t16-/m1/s1. The maximum atomic E-state index is 12.7. The number of aromatic hydroxyl groups is 1. The van der Waals surface area contributed by atoms with Crippen LogP contribution in [0.1, 0.15) is 22.3 Å². The second-order valence-corrected chi connectivity index (χ2v) is 6.70. The molecule has 1 saturated heterocycles. The zero-order valence-corrected chi connectivity index (χ0v) is 15.0. The molecule has 7 nitrogen and oxygen atoms in total. The molecule has 1 aromatic carbocycles. The number of amides is 2.